The standard InChI is InChI=1S/C31H31N3O6/c1-37-27-9-7-21-22(5-3-4-19-15-32-26-8-6-20(34(35)36)13-23(19)26)30-24-14-29-28(39-17-40-29)12-18(24)10-11-33(30)16-25(21)31(27)38-2/h6-9,12-15,22,30,32H,3-5,10-11,16-17H2,1-2H3. The van der Waals surface area contributed by atoms with Gasteiger partial charge in [-0.15, -0.1) is 0 Å². The summed E-state index contributed by atoms with van der Waals surface area (Å²) in [5, 5.41) is 12.3. The van der Waals surface area contributed by atoms with Crippen molar-refractivity contribution in [1.29, 1.82) is 0 Å². The molecule has 3 aromatic carbocycles. The number of rotatable bonds is 7. The first-order chi connectivity index (χ1) is 19.6. The number of nitro groups is 1. The number of nitrogens with zero attached hydrogens (tertiary/aromatic N) is 2. The number of hydrogen-bond donors (Lipinski definition) is 1. The fourth-order valence-electron chi connectivity index (χ4n) is 6.94. The van der Waals surface area contributed by atoms with E-state index in [2.05, 4.69) is 28.1 Å². The van der Waals surface area contributed by atoms with Gasteiger partial charge in [-0.25, -0.2) is 0 Å². The van der Waals surface area contributed by atoms with Crippen molar-refractivity contribution in [2.45, 2.75) is 44.2 Å². The van der Waals surface area contributed by atoms with Crippen LogP contribution in [0.4, 0.5) is 5.69 Å². The quantitative estimate of drug-likeness (QED) is 0.225. The first kappa shape index (κ1) is 24.8. The lowest BCUT2D eigenvalue weighted by molar-refractivity contribution is -0.384. The van der Waals surface area contributed by atoms with Crippen LogP contribution >= 0.6 is 0 Å². The molecule has 3 aliphatic heterocycles. The van der Waals surface area contributed by atoms with Crippen LogP contribution in [-0.4, -0.2) is 42.4 Å². The van der Waals surface area contributed by atoms with Crippen LogP contribution in [0.3, 0.4) is 0 Å². The predicted molar refractivity (Wildman–Crippen MR) is 150 cm³/mol. The van der Waals surface area contributed by atoms with Crippen LogP contribution in [0, 0.1) is 10.1 Å². The van der Waals surface area contributed by atoms with Crippen LogP contribution in [0.5, 0.6) is 23.0 Å². The van der Waals surface area contributed by atoms with Crippen molar-refractivity contribution >= 4 is 16.6 Å². The van der Waals surface area contributed by atoms with Crippen molar-refractivity contribution in [3.8, 4) is 23.0 Å². The van der Waals surface area contributed by atoms with Crippen LogP contribution in [-0.2, 0) is 19.4 Å². The van der Waals surface area contributed by atoms with Crippen LogP contribution in [0.1, 0.15) is 52.6 Å². The van der Waals surface area contributed by atoms with Gasteiger partial charge in [0.15, 0.2) is 23.0 Å². The Balaban J connectivity index is 1.25. The molecule has 1 aromatic heterocycles. The van der Waals surface area contributed by atoms with E-state index in [0.717, 1.165) is 78.2 Å². The molecule has 0 saturated carbocycles. The molecule has 9 heteroatoms. The van der Waals surface area contributed by atoms with Crippen molar-refractivity contribution in [2.75, 3.05) is 27.6 Å². The van der Waals surface area contributed by atoms with E-state index in [1.807, 2.05) is 12.3 Å². The summed E-state index contributed by atoms with van der Waals surface area (Å²) in [6.07, 6.45) is 5.63. The number of ether oxygens (including phenoxy) is 4. The first-order valence-electron chi connectivity index (χ1n) is 13.7. The third kappa shape index (κ3) is 3.95. The van der Waals surface area contributed by atoms with Gasteiger partial charge in [0.1, 0.15) is 0 Å². The normalized spacial score (nSPS) is 19.1. The highest BCUT2D eigenvalue weighted by atomic mass is 16.7. The van der Waals surface area contributed by atoms with Crippen LogP contribution in [0.2, 0.25) is 0 Å². The van der Waals surface area contributed by atoms with Gasteiger partial charge in [0.25, 0.3) is 5.69 Å². The molecule has 3 aliphatic rings. The van der Waals surface area contributed by atoms with Crippen molar-refractivity contribution in [3.05, 3.63) is 86.6 Å². The SMILES string of the molecule is COc1ccc2c(c1OC)CN1CCc3cc4c(cc3C1C2CCCc1c[nH]c2ccc([N+](=O)[O-])cc12)OCO4. The second-order valence-electron chi connectivity index (χ2n) is 10.7. The Bertz CT molecular complexity index is 1630. The van der Waals surface area contributed by atoms with Gasteiger partial charge in [-0.1, -0.05) is 6.07 Å². The molecule has 4 aromatic rings. The van der Waals surface area contributed by atoms with E-state index in [1.165, 1.54) is 22.3 Å². The predicted octanol–water partition coefficient (Wildman–Crippen LogP) is 6.04. The number of nitrogens with one attached hydrogen (secondary N) is 1. The smallest absolute Gasteiger partial charge is 0.270 e. The highest BCUT2D eigenvalue weighted by Gasteiger charge is 2.41. The molecule has 0 spiro atoms. The Labute approximate surface area is 231 Å². The summed E-state index contributed by atoms with van der Waals surface area (Å²) in [5.41, 5.74) is 7.25. The molecule has 40 heavy (non-hydrogen) atoms. The number of non-ortho nitro benzene ring substituents is 1. The fraction of sp³-hybridized carbons (Fsp3) is 0.355. The number of aryl methyl sites for hydroxylation is 1. The van der Waals surface area contributed by atoms with Gasteiger partial charge in [0.2, 0.25) is 6.79 Å². The van der Waals surface area contributed by atoms with E-state index in [4.69, 9.17) is 18.9 Å². The lowest BCUT2D eigenvalue weighted by atomic mass is 9.74. The number of hydrogen-bond acceptors (Lipinski definition) is 7. The van der Waals surface area contributed by atoms with Gasteiger partial charge in [-0.05, 0) is 72.2 Å². The Morgan fingerprint density at radius 2 is 1.93 bits per heavy atom. The van der Waals surface area contributed by atoms with E-state index < -0.39 is 0 Å². The first-order valence-corrected chi connectivity index (χ1v) is 13.7. The Kier molecular flexibility index (Phi) is 6.04. The summed E-state index contributed by atoms with van der Waals surface area (Å²) in [4.78, 5) is 16.9. The van der Waals surface area contributed by atoms with Crippen molar-refractivity contribution < 1.29 is 23.9 Å². The van der Waals surface area contributed by atoms with Gasteiger partial charge >= 0.3 is 0 Å². The minimum atomic E-state index is -0.336. The van der Waals surface area contributed by atoms with E-state index in [9.17, 15) is 10.1 Å². The third-order valence-electron chi connectivity index (χ3n) is 8.76. The average molecular weight is 542 g/mol. The maximum Gasteiger partial charge on any atom is 0.270 e. The molecule has 2 unspecified atom stereocenters. The highest BCUT2D eigenvalue weighted by Crippen LogP contribution is 2.53. The third-order valence-corrected chi connectivity index (χ3v) is 8.76. The fourth-order valence-corrected chi connectivity index (χ4v) is 6.94. The highest BCUT2D eigenvalue weighted by molar-refractivity contribution is 5.85. The summed E-state index contributed by atoms with van der Waals surface area (Å²) in [6, 6.07) is 13.8. The van der Waals surface area contributed by atoms with Gasteiger partial charge in [0.05, 0.1) is 19.1 Å². The molecule has 7 rings (SSSR count). The number of nitro benzene ring substituents is 1. The summed E-state index contributed by atoms with van der Waals surface area (Å²) in [6.45, 7) is 2.00. The molecule has 0 fully saturated rings. The van der Waals surface area contributed by atoms with Gasteiger partial charge < -0.3 is 23.9 Å². The molecule has 0 aliphatic carbocycles. The monoisotopic (exact) mass is 541 g/mol. The van der Waals surface area contributed by atoms with Gasteiger partial charge in [0, 0.05) is 59.8 Å². The molecule has 0 saturated heterocycles. The molecule has 4 heterocycles. The second kappa shape index (κ2) is 9.75. The number of aromatic amines is 1. The number of H-pyrrole nitrogens is 1. The second-order valence-corrected chi connectivity index (χ2v) is 10.7. The topological polar surface area (TPSA) is 99.1 Å². The molecular formula is C31H31N3O6. The van der Waals surface area contributed by atoms with Crippen LogP contribution in [0.15, 0.2) is 48.7 Å². The van der Waals surface area contributed by atoms with Crippen LogP contribution in [0.25, 0.3) is 10.9 Å². The van der Waals surface area contributed by atoms with E-state index >= 15 is 0 Å². The summed E-state index contributed by atoms with van der Waals surface area (Å²) in [7, 11) is 3.39. The average Bonchev–Trinajstić information content (AvgIpc) is 3.60. The van der Waals surface area contributed by atoms with Crippen molar-refractivity contribution in [2.24, 2.45) is 0 Å². The van der Waals surface area contributed by atoms with E-state index in [0.29, 0.717) is 0 Å². The lowest BCUT2D eigenvalue weighted by Gasteiger charge is -2.46. The number of methoxy groups -OCH3 is 2. The summed E-state index contributed by atoms with van der Waals surface area (Å²) < 4.78 is 23.0. The Morgan fingerprint density at radius 3 is 2.73 bits per heavy atom. The maximum atomic E-state index is 11.4. The molecule has 0 amide bonds. The van der Waals surface area contributed by atoms with E-state index in [1.54, 1.807) is 32.4 Å². The minimum Gasteiger partial charge on any atom is -0.493 e. The molecule has 1 N–H and O–H groups in total. The zero-order valence-electron chi connectivity index (χ0n) is 22.6. The summed E-state index contributed by atoms with van der Waals surface area (Å²) in [5.74, 6) is 3.43. The maximum absolute atomic E-state index is 11.4. The molecule has 2 atom stereocenters. The zero-order chi connectivity index (χ0) is 27.4. The van der Waals surface area contributed by atoms with Crippen molar-refractivity contribution in [3.63, 3.8) is 0 Å². The molecule has 0 radical (unpaired) electrons. The molecular weight excluding hydrogens is 510 g/mol. The number of aromatic nitrogens is 1. The molecule has 9 nitrogen and oxygen atoms in total. The Hall–Kier alpha value is -4.24. The number of benzene rings is 3. The summed E-state index contributed by atoms with van der Waals surface area (Å²) >= 11 is 0. The minimum absolute atomic E-state index is 0.115. The van der Waals surface area contributed by atoms with E-state index in [-0.39, 0.29) is 29.4 Å². The Morgan fingerprint density at radius 1 is 1.07 bits per heavy atom. The zero-order valence-corrected chi connectivity index (χ0v) is 22.6. The van der Waals surface area contributed by atoms with Crippen molar-refractivity contribution in [1.82, 2.24) is 9.88 Å². The molecule has 206 valence electrons. The largest absolute Gasteiger partial charge is 0.493 e. The van der Waals surface area contributed by atoms with Gasteiger partial charge in [-0.3, -0.25) is 15.0 Å². The number of fused-ring (bicyclic) bond motifs is 6. The van der Waals surface area contributed by atoms with Crippen LogP contribution < -0.4 is 18.9 Å². The lowest BCUT2D eigenvalue weighted by Crippen LogP contribution is -2.42. The molecule has 0 bridgehead atoms. The van der Waals surface area contributed by atoms with Gasteiger partial charge in [-0.2, -0.15) is 0 Å².